The lowest BCUT2D eigenvalue weighted by Crippen LogP contribution is -1.99. The van der Waals surface area contributed by atoms with Crippen LogP contribution in [0.2, 0.25) is 0 Å². The van der Waals surface area contributed by atoms with E-state index < -0.39 is 0 Å². The van der Waals surface area contributed by atoms with Crippen LogP contribution < -0.4 is 0 Å². The molecule has 0 saturated heterocycles. The van der Waals surface area contributed by atoms with Crippen LogP contribution in [0.1, 0.15) is 10.4 Å². The smallest absolute Gasteiger partial charge is 0.340 e. The maximum Gasteiger partial charge on any atom is 0.340 e. The van der Waals surface area contributed by atoms with E-state index in [2.05, 4.69) is 0 Å². The van der Waals surface area contributed by atoms with Crippen LogP contribution in [-0.4, -0.2) is 17.6 Å². The lowest BCUT2D eigenvalue weighted by atomic mass is 10.2. The van der Waals surface area contributed by atoms with Gasteiger partial charge in [-0.05, 0) is 6.07 Å². The van der Waals surface area contributed by atoms with Gasteiger partial charge in [0.25, 0.3) is 0 Å². The van der Waals surface area contributed by atoms with Crippen molar-refractivity contribution < 1.29 is 9.53 Å². The molecule has 0 amide bonds. The highest BCUT2D eigenvalue weighted by Gasteiger charge is 2.12. The number of hydrogen-bond acceptors (Lipinski definition) is 2. The summed E-state index contributed by atoms with van der Waals surface area (Å²) >= 11 is 0. The van der Waals surface area contributed by atoms with E-state index in [0.717, 1.165) is 10.9 Å². The Hall–Kier alpha value is -1.77. The quantitative estimate of drug-likeness (QED) is 0.642. The van der Waals surface area contributed by atoms with Gasteiger partial charge in [-0.2, -0.15) is 0 Å². The number of carbonyl (C=O) groups is 1. The maximum atomic E-state index is 11.4. The highest BCUT2D eigenvalue weighted by molar-refractivity contribution is 6.04. The predicted octanol–water partition coefficient (Wildman–Crippen LogP) is 1.96. The Balaban J connectivity index is 2.72. The average molecular weight is 189 g/mol. The summed E-state index contributed by atoms with van der Waals surface area (Å²) in [6, 6.07) is 7.75. The normalized spacial score (nSPS) is 10.4. The van der Waals surface area contributed by atoms with Crippen LogP contribution >= 0.6 is 0 Å². The number of para-hydroxylation sites is 1. The first kappa shape index (κ1) is 8.81. The molecule has 0 fully saturated rings. The topological polar surface area (TPSA) is 31.2 Å². The van der Waals surface area contributed by atoms with Gasteiger partial charge in [-0.15, -0.1) is 0 Å². The van der Waals surface area contributed by atoms with E-state index in [-0.39, 0.29) is 5.97 Å². The van der Waals surface area contributed by atoms with Gasteiger partial charge in [-0.3, -0.25) is 0 Å². The molecule has 0 atom stereocenters. The molecule has 0 saturated carbocycles. The van der Waals surface area contributed by atoms with E-state index in [1.54, 1.807) is 6.20 Å². The van der Waals surface area contributed by atoms with Crippen LogP contribution in [-0.2, 0) is 11.8 Å². The Bertz CT molecular complexity index is 485. The standard InChI is InChI=1S/C11H11NO2/c1-12-7-9(11(13)14-2)8-5-3-4-6-10(8)12/h3-7H,1-2H3. The molecule has 2 aromatic rings. The molecular weight excluding hydrogens is 178 g/mol. The first-order chi connectivity index (χ1) is 6.74. The highest BCUT2D eigenvalue weighted by Crippen LogP contribution is 2.20. The first-order valence-corrected chi connectivity index (χ1v) is 4.36. The summed E-state index contributed by atoms with van der Waals surface area (Å²) in [5, 5.41) is 0.932. The summed E-state index contributed by atoms with van der Waals surface area (Å²) in [6.45, 7) is 0. The van der Waals surface area contributed by atoms with Crippen LogP contribution in [0.25, 0.3) is 10.9 Å². The molecule has 14 heavy (non-hydrogen) atoms. The van der Waals surface area contributed by atoms with Crippen molar-refractivity contribution in [3.63, 3.8) is 0 Å². The summed E-state index contributed by atoms with van der Waals surface area (Å²) in [5.74, 6) is -0.290. The molecule has 2 rings (SSSR count). The Morgan fingerprint density at radius 1 is 1.36 bits per heavy atom. The number of fused-ring (bicyclic) bond motifs is 1. The molecule has 1 aromatic carbocycles. The van der Waals surface area contributed by atoms with Gasteiger partial charge in [0.1, 0.15) is 0 Å². The van der Waals surface area contributed by atoms with Crippen LogP contribution in [0.3, 0.4) is 0 Å². The molecule has 0 radical (unpaired) electrons. The first-order valence-electron chi connectivity index (χ1n) is 4.36. The number of methoxy groups -OCH3 is 1. The van der Waals surface area contributed by atoms with Crippen molar-refractivity contribution in [2.75, 3.05) is 7.11 Å². The van der Waals surface area contributed by atoms with Crippen molar-refractivity contribution >= 4 is 16.9 Å². The number of carbonyl (C=O) groups excluding carboxylic acids is 1. The lowest BCUT2D eigenvalue weighted by molar-refractivity contribution is 0.0603. The Morgan fingerprint density at radius 2 is 2.07 bits per heavy atom. The molecule has 0 bridgehead atoms. The largest absolute Gasteiger partial charge is 0.465 e. The summed E-state index contributed by atoms with van der Waals surface area (Å²) in [4.78, 5) is 11.4. The molecular formula is C11H11NO2. The maximum absolute atomic E-state index is 11.4. The van der Waals surface area contributed by atoms with E-state index in [0.29, 0.717) is 5.56 Å². The molecule has 0 spiro atoms. The Kier molecular flexibility index (Phi) is 2.00. The second-order valence-electron chi connectivity index (χ2n) is 3.16. The van der Waals surface area contributed by atoms with Crippen molar-refractivity contribution in [3.05, 3.63) is 36.0 Å². The number of aromatic nitrogens is 1. The lowest BCUT2D eigenvalue weighted by Gasteiger charge is -1.95. The molecule has 0 aliphatic heterocycles. The van der Waals surface area contributed by atoms with Crippen molar-refractivity contribution in [2.45, 2.75) is 0 Å². The fourth-order valence-corrected chi connectivity index (χ4v) is 1.61. The van der Waals surface area contributed by atoms with Gasteiger partial charge in [-0.25, -0.2) is 4.79 Å². The summed E-state index contributed by atoms with van der Waals surface area (Å²) in [5.41, 5.74) is 1.65. The zero-order valence-electron chi connectivity index (χ0n) is 8.15. The molecule has 0 unspecified atom stereocenters. The molecule has 1 heterocycles. The van der Waals surface area contributed by atoms with E-state index >= 15 is 0 Å². The molecule has 0 aliphatic carbocycles. The van der Waals surface area contributed by atoms with Crippen molar-refractivity contribution in [1.29, 1.82) is 0 Å². The monoisotopic (exact) mass is 189 g/mol. The number of aryl methyl sites for hydroxylation is 1. The number of benzene rings is 1. The van der Waals surface area contributed by atoms with Gasteiger partial charge in [0.05, 0.1) is 12.7 Å². The average Bonchev–Trinajstić information content (AvgIpc) is 2.56. The number of rotatable bonds is 1. The molecule has 72 valence electrons. The van der Waals surface area contributed by atoms with Gasteiger partial charge in [-0.1, -0.05) is 18.2 Å². The van der Waals surface area contributed by atoms with Gasteiger partial charge in [0.15, 0.2) is 0 Å². The summed E-state index contributed by atoms with van der Waals surface area (Å²) in [6.07, 6.45) is 1.79. The zero-order chi connectivity index (χ0) is 10.1. The van der Waals surface area contributed by atoms with Crippen molar-refractivity contribution in [1.82, 2.24) is 4.57 Å². The van der Waals surface area contributed by atoms with E-state index in [1.165, 1.54) is 7.11 Å². The second kappa shape index (κ2) is 3.18. The number of hydrogen-bond donors (Lipinski definition) is 0. The van der Waals surface area contributed by atoms with Crippen LogP contribution in [0.15, 0.2) is 30.5 Å². The van der Waals surface area contributed by atoms with Gasteiger partial charge < -0.3 is 9.30 Å². The van der Waals surface area contributed by atoms with Crippen LogP contribution in [0.4, 0.5) is 0 Å². The fraction of sp³-hybridized carbons (Fsp3) is 0.182. The van der Waals surface area contributed by atoms with Gasteiger partial charge >= 0.3 is 5.97 Å². The highest BCUT2D eigenvalue weighted by atomic mass is 16.5. The minimum absolute atomic E-state index is 0.290. The van der Waals surface area contributed by atoms with Crippen LogP contribution in [0, 0.1) is 0 Å². The number of ether oxygens (including phenoxy) is 1. The van der Waals surface area contributed by atoms with Gasteiger partial charge in [0.2, 0.25) is 0 Å². The van der Waals surface area contributed by atoms with E-state index in [1.807, 2.05) is 35.9 Å². The zero-order valence-corrected chi connectivity index (χ0v) is 8.15. The van der Waals surface area contributed by atoms with Crippen LogP contribution in [0.5, 0.6) is 0 Å². The number of esters is 1. The minimum Gasteiger partial charge on any atom is -0.465 e. The Labute approximate surface area is 81.9 Å². The van der Waals surface area contributed by atoms with Crippen molar-refractivity contribution in [3.8, 4) is 0 Å². The fourth-order valence-electron chi connectivity index (χ4n) is 1.61. The van der Waals surface area contributed by atoms with Crippen molar-refractivity contribution in [2.24, 2.45) is 7.05 Å². The molecule has 0 N–H and O–H groups in total. The molecule has 1 aromatic heterocycles. The van der Waals surface area contributed by atoms with E-state index in [9.17, 15) is 4.79 Å². The molecule has 3 heteroatoms. The molecule has 0 aliphatic rings. The third-order valence-electron chi connectivity index (χ3n) is 2.30. The predicted molar refractivity (Wildman–Crippen MR) is 54.3 cm³/mol. The van der Waals surface area contributed by atoms with Gasteiger partial charge in [0, 0.05) is 24.1 Å². The minimum atomic E-state index is -0.290. The Morgan fingerprint density at radius 3 is 2.79 bits per heavy atom. The summed E-state index contributed by atoms with van der Waals surface area (Å²) in [7, 11) is 3.30. The third-order valence-corrected chi connectivity index (χ3v) is 2.30. The molecule has 3 nitrogen and oxygen atoms in total. The third kappa shape index (κ3) is 1.18. The summed E-state index contributed by atoms with van der Waals surface area (Å²) < 4.78 is 6.62. The second-order valence-corrected chi connectivity index (χ2v) is 3.16. The SMILES string of the molecule is COC(=O)c1cn(C)c2ccccc12. The van der Waals surface area contributed by atoms with E-state index in [4.69, 9.17) is 4.74 Å². The number of nitrogens with zero attached hydrogens (tertiary/aromatic N) is 1.